The average Bonchev–Trinajstić information content (AvgIpc) is 2.49. The fourth-order valence-electron chi connectivity index (χ4n) is 2.88. The van der Waals surface area contributed by atoms with Crippen LogP contribution in [0.15, 0.2) is 6.07 Å². The summed E-state index contributed by atoms with van der Waals surface area (Å²) in [5, 5.41) is 0. The highest BCUT2D eigenvalue weighted by Gasteiger charge is 2.28. The number of hydrogen-bond acceptors (Lipinski definition) is 1. The maximum atomic E-state index is 3.62. The Bertz CT molecular complexity index is 332. The molecule has 1 aromatic rings. The van der Waals surface area contributed by atoms with Crippen molar-refractivity contribution >= 4 is 0 Å². The molecule has 2 bridgehead atoms. The van der Waals surface area contributed by atoms with Crippen LogP contribution in [0.3, 0.4) is 0 Å². The third-order valence-electron chi connectivity index (χ3n) is 3.76. The lowest BCUT2D eigenvalue weighted by Gasteiger charge is -2.26. The van der Waals surface area contributed by atoms with Crippen LogP contribution in [-0.4, -0.2) is 23.0 Å². The van der Waals surface area contributed by atoms with Crippen molar-refractivity contribution < 1.29 is 0 Å². The van der Waals surface area contributed by atoms with Crippen molar-refractivity contribution in [3.05, 3.63) is 23.0 Å². The van der Waals surface area contributed by atoms with E-state index in [-0.39, 0.29) is 0 Å². The Balaban J connectivity index is 2.03. The van der Waals surface area contributed by atoms with E-state index in [1.54, 1.807) is 11.3 Å². The number of fused-ring (bicyclic) bond motifs is 2. The Labute approximate surface area is 85.3 Å². The summed E-state index contributed by atoms with van der Waals surface area (Å²) in [6.45, 7) is 6.01. The second kappa shape index (κ2) is 3.13. The fraction of sp³-hybridized carbons (Fsp3) is 0.667. The van der Waals surface area contributed by atoms with Crippen LogP contribution in [0.1, 0.15) is 42.6 Å². The normalized spacial score (nSPS) is 30.1. The van der Waals surface area contributed by atoms with Gasteiger partial charge in [0.2, 0.25) is 0 Å². The molecule has 0 atom stereocenters. The first-order chi connectivity index (χ1) is 6.86. The summed E-state index contributed by atoms with van der Waals surface area (Å²) in [5.41, 5.74) is 4.55. The molecule has 76 valence electrons. The van der Waals surface area contributed by atoms with Gasteiger partial charge in [-0.2, -0.15) is 0 Å². The van der Waals surface area contributed by atoms with Gasteiger partial charge >= 0.3 is 0 Å². The molecule has 0 saturated carbocycles. The summed E-state index contributed by atoms with van der Waals surface area (Å²) in [6.07, 6.45) is 3.85. The van der Waals surface area contributed by atoms with Crippen LogP contribution in [0.25, 0.3) is 0 Å². The van der Waals surface area contributed by atoms with Gasteiger partial charge in [0, 0.05) is 23.9 Å². The maximum absolute atomic E-state index is 3.62. The fourth-order valence-corrected chi connectivity index (χ4v) is 2.88. The number of nitrogens with zero attached hydrogens (tertiary/aromatic N) is 1. The lowest BCUT2D eigenvalue weighted by Crippen LogP contribution is -2.29. The summed E-state index contributed by atoms with van der Waals surface area (Å²) in [7, 11) is 0. The van der Waals surface area contributed by atoms with Crippen molar-refractivity contribution in [1.29, 1.82) is 0 Å². The molecule has 14 heavy (non-hydrogen) atoms. The van der Waals surface area contributed by atoms with Gasteiger partial charge in [0.05, 0.1) is 0 Å². The first kappa shape index (κ1) is 8.54. The number of hydrogen-bond donors (Lipinski definition) is 1. The SMILES string of the molecule is CCc1cc2c([nH]1)C1CCN(CC1)C2. The minimum absolute atomic E-state index is 0.823. The third kappa shape index (κ3) is 1.21. The molecule has 1 N–H and O–H groups in total. The van der Waals surface area contributed by atoms with Crippen molar-refractivity contribution in [3.8, 4) is 0 Å². The van der Waals surface area contributed by atoms with Gasteiger partial charge in [-0.15, -0.1) is 0 Å². The lowest BCUT2D eigenvalue weighted by atomic mass is 9.95. The van der Waals surface area contributed by atoms with E-state index in [2.05, 4.69) is 22.9 Å². The van der Waals surface area contributed by atoms with E-state index < -0.39 is 0 Å². The van der Waals surface area contributed by atoms with Crippen LogP contribution in [-0.2, 0) is 13.0 Å². The quantitative estimate of drug-likeness (QED) is 0.719. The molecule has 1 aromatic heterocycles. The van der Waals surface area contributed by atoms with Crippen LogP contribution in [0, 0.1) is 0 Å². The topological polar surface area (TPSA) is 19.0 Å². The Morgan fingerprint density at radius 1 is 1.43 bits per heavy atom. The molecular weight excluding hydrogens is 172 g/mol. The van der Waals surface area contributed by atoms with Crippen molar-refractivity contribution in [2.24, 2.45) is 0 Å². The van der Waals surface area contributed by atoms with E-state index in [9.17, 15) is 0 Å². The molecule has 1 fully saturated rings. The standard InChI is InChI=1S/C12H18N2/c1-2-11-7-10-8-14-5-3-9(4-6-14)12(10)13-11/h7,9,13H,2-6,8H2,1H3. The highest BCUT2D eigenvalue weighted by Crippen LogP contribution is 2.35. The van der Waals surface area contributed by atoms with Crippen LogP contribution in [0.2, 0.25) is 0 Å². The van der Waals surface area contributed by atoms with Gasteiger partial charge < -0.3 is 4.98 Å². The third-order valence-corrected chi connectivity index (χ3v) is 3.76. The number of rotatable bonds is 1. The average molecular weight is 190 g/mol. The van der Waals surface area contributed by atoms with E-state index >= 15 is 0 Å². The first-order valence-electron chi connectivity index (χ1n) is 5.80. The Morgan fingerprint density at radius 3 is 2.93 bits per heavy atom. The molecule has 0 spiro atoms. The van der Waals surface area contributed by atoms with E-state index in [0.717, 1.165) is 12.3 Å². The number of aromatic amines is 1. The van der Waals surface area contributed by atoms with E-state index in [1.807, 2.05) is 0 Å². The molecular formula is C12H18N2. The molecule has 4 heterocycles. The first-order valence-corrected chi connectivity index (χ1v) is 5.80. The summed E-state index contributed by atoms with van der Waals surface area (Å²) >= 11 is 0. The number of aromatic nitrogens is 1. The lowest BCUT2D eigenvalue weighted by molar-refractivity contribution is 0.219. The van der Waals surface area contributed by atoms with Gasteiger partial charge in [-0.25, -0.2) is 0 Å². The van der Waals surface area contributed by atoms with Crippen LogP contribution in [0.4, 0.5) is 0 Å². The van der Waals surface area contributed by atoms with Gasteiger partial charge in [0.25, 0.3) is 0 Å². The number of aryl methyl sites for hydroxylation is 1. The van der Waals surface area contributed by atoms with E-state index in [0.29, 0.717) is 0 Å². The molecule has 0 aliphatic carbocycles. The zero-order valence-electron chi connectivity index (χ0n) is 8.84. The number of nitrogens with one attached hydrogen (secondary N) is 1. The molecule has 3 aliphatic heterocycles. The molecule has 0 unspecified atom stereocenters. The predicted octanol–water partition coefficient (Wildman–Crippen LogP) is 2.27. The highest BCUT2D eigenvalue weighted by atomic mass is 15.1. The van der Waals surface area contributed by atoms with Crippen molar-refractivity contribution in [2.75, 3.05) is 13.1 Å². The van der Waals surface area contributed by atoms with Crippen LogP contribution < -0.4 is 0 Å². The zero-order valence-corrected chi connectivity index (χ0v) is 8.84. The predicted molar refractivity (Wildman–Crippen MR) is 57.4 cm³/mol. The van der Waals surface area contributed by atoms with Crippen molar-refractivity contribution in [1.82, 2.24) is 9.88 Å². The molecule has 0 radical (unpaired) electrons. The van der Waals surface area contributed by atoms with Gasteiger partial charge in [-0.1, -0.05) is 6.92 Å². The minimum atomic E-state index is 0.823. The molecule has 0 aromatic carbocycles. The highest BCUT2D eigenvalue weighted by molar-refractivity contribution is 5.31. The minimum Gasteiger partial charge on any atom is -0.362 e. The van der Waals surface area contributed by atoms with Crippen LogP contribution in [0.5, 0.6) is 0 Å². The monoisotopic (exact) mass is 190 g/mol. The summed E-state index contributed by atoms with van der Waals surface area (Å²) in [5.74, 6) is 0.823. The smallest absolute Gasteiger partial charge is 0.0251 e. The Kier molecular flexibility index (Phi) is 1.91. The van der Waals surface area contributed by atoms with E-state index in [1.165, 1.54) is 38.2 Å². The van der Waals surface area contributed by atoms with E-state index in [4.69, 9.17) is 0 Å². The second-order valence-electron chi connectivity index (χ2n) is 4.64. The van der Waals surface area contributed by atoms with Crippen molar-refractivity contribution in [3.63, 3.8) is 0 Å². The molecule has 2 nitrogen and oxygen atoms in total. The summed E-state index contributed by atoms with van der Waals surface area (Å²) in [4.78, 5) is 6.22. The second-order valence-corrected chi connectivity index (χ2v) is 4.64. The zero-order chi connectivity index (χ0) is 9.54. The number of piperidine rings is 1. The molecule has 0 amide bonds. The molecule has 1 saturated heterocycles. The maximum Gasteiger partial charge on any atom is 0.0251 e. The van der Waals surface area contributed by atoms with Gasteiger partial charge in [0.1, 0.15) is 0 Å². The summed E-state index contributed by atoms with van der Waals surface area (Å²) in [6, 6.07) is 2.38. The number of H-pyrrole nitrogens is 1. The Morgan fingerprint density at radius 2 is 2.21 bits per heavy atom. The Hall–Kier alpha value is -0.760. The van der Waals surface area contributed by atoms with Gasteiger partial charge in [-0.3, -0.25) is 4.90 Å². The molecule has 2 heteroatoms. The van der Waals surface area contributed by atoms with Crippen molar-refractivity contribution in [2.45, 2.75) is 38.6 Å². The summed E-state index contributed by atoms with van der Waals surface area (Å²) < 4.78 is 0. The van der Waals surface area contributed by atoms with Gasteiger partial charge in [0.15, 0.2) is 0 Å². The largest absolute Gasteiger partial charge is 0.362 e. The van der Waals surface area contributed by atoms with Crippen LogP contribution >= 0.6 is 0 Å². The van der Waals surface area contributed by atoms with Gasteiger partial charge in [-0.05, 0) is 44.0 Å². The molecule has 3 aliphatic rings. The molecule has 4 rings (SSSR count).